The lowest BCUT2D eigenvalue weighted by atomic mass is 10.1. The van der Waals surface area contributed by atoms with Crippen LogP contribution in [0.1, 0.15) is 17.3 Å². The van der Waals surface area contributed by atoms with Gasteiger partial charge in [0, 0.05) is 29.6 Å². The molecule has 0 atom stereocenters. The van der Waals surface area contributed by atoms with Crippen LogP contribution in [0.15, 0.2) is 77.7 Å². The van der Waals surface area contributed by atoms with Gasteiger partial charge in [-0.05, 0) is 43.3 Å². The molecule has 2 aromatic carbocycles. The van der Waals surface area contributed by atoms with Gasteiger partial charge >= 0.3 is 0 Å². The van der Waals surface area contributed by atoms with Crippen molar-refractivity contribution in [2.24, 2.45) is 0 Å². The van der Waals surface area contributed by atoms with E-state index >= 15 is 0 Å². The number of pyridine rings is 1. The predicted molar refractivity (Wildman–Crippen MR) is 109 cm³/mol. The molecule has 0 bridgehead atoms. The molecule has 138 valence electrons. The summed E-state index contributed by atoms with van der Waals surface area (Å²) in [6, 6.07) is 19.8. The maximum atomic E-state index is 12.9. The summed E-state index contributed by atoms with van der Waals surface area (Å²) in [5.74, 6) is -0.209. The molecule has 0 saturated carbocycles. The second-order valence-corrected chi connectivity index (χ2v) is 6.25. The van der Waals surface area contributed by atoms with E-state index in [0.29, 0.717) is 34.5 Å². The second kappa shape index (κ2) is 7.44. The summed E-state index contributed by atoms with van der Waals surface area (Å²) < 4.78 is 1.60. The monoisotopic (exact) mass is 370 g/mol. The summed E-state index contributed by atoms with van der Waals surface area (Å²) >= 11 is 0. The molecule has 0 aliphatic rings. The average Bonchev–Trinajstić information content (AvgIpc) is 2.74. The van der Waals surface area contributed by atoms with Gasteiger partial charge in [-0.1, -0.05) is 30.3 Å². The van der Waals surface area contributed by atoms with Crippen LogP contribution in [0.4, 0.5) is 5.69 Å². The van der Waals surface area contributed by atoms with Crippen molar-refractivity contribution in [3.8, 4) is 11.3 Å². The van der Waals surface area contributed by atoms with E-state index in [1.165, 1.54) is 0 Å². The quantitative estimate of drug-likeness (QED) is 0.594. The Hall–Kier alpha value is -3.80. The van der Waals surface area contributed by atoms with Crippen LogP contribution in [0.3, 0.4) is 0 Å². The van der Waals surface area contributed by atoms with Gasteiger partial charge in [0.2, 0.25) is 0 Å². The van der Waals surface area contributed by atoms with Gasteiger partial charge < -0.3 is 5.32 Å². The van der Waals surface area contributed by atoms with Crippen LogP contribution in [-0.2, 0) is 6.54 Å². The summed E-state index contributed by atoms with van der Waals surface area (Å²) in [6.45, 7) is 2.40. The summed E-state index contributed by atoms with van der Waals surface area (Å²) in [6.07, 6.45) is 1.65. The summed E-state index contributed by atoms with van der Waals surface area (Å²) in [7, 11) is 0. The molecule has 4 rings (SSSR count). The normalized spacial score (nSPS) is 10.8. The van der Waals surface area contributed by atoms with Gasteiger partial charge in [0.1, 0.15) is 11.2 Å². The highest BCUT2D eigenvalue weighted by molar-refractivity contribution is 6.04. The van der Waals surface area contributed by atoms with Crippen molar-refractivity contribution in [1.82, 2.24) is 14.5 Å². The second-order valence-electron chi connectivity index (χ2n) is 6.25. The zero-order valence-electron chi connectivity index (χ0n) is 15.3. The van der Waals surface area contributed by atoms with E-state index < -0.39 is 0 Å². The molecule has 0 aliphatic carbocycles. The Morgan fingerprint density at radius 3 is 2.46 bits per heavy atom. The Balaban J connectivity index is 1.68. The molecule has 0 spiro atoms. The first-order chi connectivity index (χ1) is 13.7. The van der Waals surface area contributed by atoms with E-state index in [4.69, 9.17) is 0 Å². The molecule has 0 unspecified atom stereocenters. The highest BCUT2D eigenvalue weighted by Crippen LogP contribution is 2.18. The Morgan fingerprint density at radius 1 is 1.00 bits per heavy atom. The standard InChI is InChI=1S/C22H18N4O2/c1-2-26-20-18(9-6-14-23-20)25-19(22(26)28)15-10-12-16(13-11-15)21(27)24-17-7-4-3-5-8-17/h3-14H,2H2,1H3,(H,24,27). The molecule has 0 fully saturated rings. The molecule has 6 nitrogen and oxygen atoms in total. The van der Waals surface area contributed by atoms with Crippen LogP contribution in [0, 0.1) is 0 Å². The minimum Gasteiger partial charge on any atom is -0.322 e. The Labute approximate surface area is 161 Å². The molecule has 0 aliphatic heterocycles. The third-order valence-corrected chi connectivity index (χ3v) is 4.47. The van der Waals surface area contributed by atoms with E-state index in [2.05, 4.69) is 15.3 Å². The van der Waals surface area contributed by atoms with Crippen LogP contribution < -0.4 is 10.9 Å². The Kier molecular flexibility index (Phi) is 4.68. The van der Waals surface area contributed by atoms with Crippen molar-refractivity contribution >= 4 is 22.8 Å². The lowest BCUT2D eigenvalue weighted by Crippen LogP contribution is -2.23. The smallest absolute Gasteiger partial charge is 0.278 e. The van der Waals surface area contributed by atoms with Gasteiger partial charge in [-0.3, -0.25) is 14.2 Å². The van der Waals surface area contributed by atoms with Gasteiger partial charge in [-0.15, -0.1) is 0 Å². The number of anilines is 1. The van der Waals surface area contributed by atoms with Crippen molar-refractivity contribution in [2.75, 3.05) is 5.32 Å². The van der Waals surface area contributed by atoms with Crippen molar-refractivity contribution in [1.29, 1.82) is 0 Å². The number of hydrogen-bond donors (Lipinski definition) is 1. The van der Waals surface area contributed by atoms with Crippen LogP contribution in [-0.4, -0.2) is 20.4 Å². The highest BCUT2D eigenvalue weighted by Gasteiger charge is 2.13. The number of hydrogen-bond acceptors (Lipinski definition) is 4. The highest BCUT2D eigenvalue weighted by atomic mass is 16.1. The first-order valence-electron chi connectivity index (χ1n) is 9.00. The Bertz CT molecular complexity index is 1200. The topological polar surface area (TPSA) is 76.9 Å². The van der Waals surface area contributed by atoms with Crippen LogP contribution >= 0.6 is 0 Å². The summed E-state index contributed by atoms with van der Waals surface area (Å²) in [5.41, 5.74) is 3.27. The van der Waals surface area contributed by atoms with Crippen LogP contribution in [0.2, 0.25) is 0 Å². The third-order valence-electron chi connectivity index (χ3n) is 4.47. The van der Waals surface area contributed by atoms with Gasteiger partial charge in [0.05, 0.1) is 0 Å². The lowest BCUT2D eigenvalue weighted by Gasteiger charge is -2.10. The number of aryl methyl sites for hydroxylation is 1. The fourth-order valence-electron chi connectivity index (χ4n) is 3.06. The molecule has 2 heterocycles. The molecule has 1 amide bonds. The molecule has 4 aromatic rings. The number of nitrogens with one attached hydrogen (secondary N) is 1. The number of amides is 1. The minimum absolute atomic E-state index is 0.199. The molecular formula is C22H18N4O2. The predicted octanol–water partition coefficient (Wildman–Crippen LogP) is 3.73. The molecule has 0 radical (unpaired) electrons. The molecule has 6 heteroatoms. The van der Waals surface area contributed by atoms with Crippen LogP contribution in [0.5, 0.6) is 0 Å². The van der Waals surface area contributed by atoms with E-state index in [9.17, 15) is 9.59 Å². The minimum atomic E-state index is -0.209. The third kappa shape index (κ3) is 3.27. The van der Waals surface area contributed by atoms with Gasteiger partial charge in [0.25, 0.3) is 11.5 Å². The Morgan fingerprint density at radius 2 is 1.75 bits per heavy atom. The number of fused-ring (bicyclic) bond motifs is 1. The van der Waals surface area contributed by atoms with Gasteiger partial charge in [-0.25, -0.2) is 9.97 Å². The summed E-state index contributed by atoms with van der Waals surface area (Å²) in [4.78, 5) is 34.0. The number of rotatable bonds is 4. The lowest BCUT2D eigenvalue weighted by molar-refractivity contribution is 0.102. The molecule has 2 aromatic heterocycles. The van der Waals surface area contributed by atoms with Gasteiger partial charge in [-0.2, -0.15) is 0 Å². The van der Waals surface area contributed by atoms with Crippen molar-refractivity contribution in [3.63, 3.8) is 0 Å². The number of aromatic nitrogens is 3. The fraction of sp³-hybridized carbons (Fsp3) is 0.0909. The maximum absolute atomic E-state index is 12.9. The van der Waals surface area contributed by atoms with Crippen LogP contribution in [0.25, 0.3) is 22.4 Å². The SMILES string of the molecule is CCn1c(=O)c(-c2ccc(C(=O)Nc3ccccc3)cc2)nc2cccnc21. The van der Waals surface area contributed by atoms with Gasteiger partial charge in [0.15, 0.2) is 5.65 Å². The number of carbonyl (C=O) groups excluding carboxylic acids is 1. The van der Waals surface area contributed by atoms with E-state index in [-0.39, 0.29) is 11.5 Å². The number of para-hydroxylation sites is 1. The number of carbonyl (C=O) groups is 1. The van der Waals surface area contributed by atoms with E-state index in [1.54, 1.807) is 41.1 Å². The first-order valence-corrected chi connectivity index (χ1v) is 9.00. The largest absolute Gasteiger partial charge is 0.322 e. The van der Waals surface area contributed by atoms with Crippen molar-refractivity contribution < 1.29 is 4.79 Å². The molecule has 0 saturated heterocycles. The number of nitrogens with zero attached hydrogens (tertiary/aromatic N) is 3. The maximum Gasteiger partial charge on any atom is 0.278 e. The van der Waals surface area contributed by atoms with E-state index in [1.807, 2.05) is 43.3 Å². The number of benzene rings is 2. The van der Waals surface area contributed by atoms with Crippen molar-refractivity contribution in [2.45, 2.75) is 13.5 Å². The molecule has 1 N–H and O–H groups in total. The molecule has 28 heavy (non-hydrogen) atoms. The molecular weight excluding hydrogens is 352 g/mol. The summed E-state index contributed by atoms with van der Waals surface area (Å²) in [5, 5.41) is 2.84. The zero-order chi connectivity index (χ0) is 19.5. The first kappa shape index (κ1) is 17.6. The zero-order valence-corrected chi connectivity index (χ0v) is 15.3. The van der Waals surface area contributed by atoms with E-state index in [0.717, 1.165) is 5.69 Å². The fourth-order valence-corrected chi connectivity index (χ4v) is 3.06. The average molecular weight is 370 g/mol. The van der Waals surface area contributed by atoms with Crippen molar-refractivity contribution in [3.05, 3.63) is 88.8 Å².